The first kappa shape index (κ1) is 8.21. The Balaban J connectivity index is 2.81. The van der Waals surface area contributed by atoms with Crippen molar-refractivity contribution < 1.29 is 4.39 Å². The van der Waals surface area contributed by atoms with Crippen LogP contribution in [0, 0.1) is 5.82 Å². The van der Waals surface area contributed by atoms with Crippen molar-refractivity contribution in [3.63, 3.8) is 0 Å². The normalized spacial score (nSPS) is 13.0. The van der Waals surface area contributed by atoms with Gasteiger partial charge >= 0.3 is 0 Å². The Morgan fingerprint density at radius 1 is 1.27 bits per heavy atom. The van der Waals surface area contributed by atoms with E-state index in [1.807, 2.05) is 6.92 Å². The van der Waals surface area contributed by atoms with Crippen LogP contribution in [-0.4, -0.2) is 7.05 Å². The van der Waals surface area contributed by atoms with Crippen LogP contribution in [0.3, 0.4) is 0 Å². The molecule has 0 fully saturated rings. The fourth-order valence-electron chi connectivity index (χ4n) is 0.890. The van der Waals surface area contributed by atoms with E-state index in [1.165, 1.54) is 12.1 Å². The molecule has 60 valence electrons. The Bertz CT molecular complexity index is 218. The Hall–Kier alpha value is -0.890. The van der Waals surface area contributed by atoms with Crippen molar-refractivity contribution >= 4 is 0 Å². The summed E-state index contributed by atoms with van der Waals surface area (Å²) in [4.78, 5) is 0. The maximum Gasteiger partial charge on any atom is 0.123 e. The van der Waals surface area contributed by atoms with E-state index in [-0.39, 0.29) is 11.9 Å². The predicted molar refractivity (Wildman–Crippen MR) is 44.1 cm³/mol. The minimum Gasteiger partial charge on any atom is -0.659 e. The Labute approximate surface area is 66.2 Å². The summed E-state index contributed by atoms with van der Waals surface area (Å²) in [5.74, 6) is -0.197. The van der Waals surface area contributed by atoms with Gasteiger partial charge in [0.25, 0.3) is 0 Å². The van der Waals surface area contributed by atoms with Crippen molar-refractivity contribution in [1.29, 1.82) is 0 Å². The lowest BCUT2D eigenvalue weighted by Crippen LogP contribution is -1.89. The average Bonchev–Trinajstić information content (AvgIpc) is 2.05. The molecule has 0 radical (unpaired) electrons. The van der Waals surface area contributed by atoms with Gasteiger partial charge in [0.1, 0.15) is 5.82 Å². The molecule has 1 atom stereocenters. The molecule has 0 unspecified atom stereocenters. The second kappa shape index (κ2) is 3.49. The fourth-order valence-corrected chi connectivity index (χ4v) is 0.890. The van der Waals surface area contributed by atoms with Gasteiger partial charge < -0.3 is 5.32 Å². The summed E-state index contributed by atoms with van der Waals surface area (Å²) < 4.78 is 12.4. The van der Waals surface area contributed by atoms with Crippen LogP contribution < -0.4 is 0 Å². The zero-order chi connectivity index (χ0) is 8.27. The van der Waals surface area contributed by atoms with Gasteiger partial charge in [-0.15, -0.1) is 6.04 Å². The van der Waals surface area contributed by atoms with Crippen molar-refractivity contribution in [2.24, 2.45) is 0 Å². The van der Waals surface area contributed by atoms with E-state index < -0.39 is 0 Å². The van der Waals surface area contributed by atoms with Crippen LogP contribution in [0.1, 0.15) is 18.5 Å². The lowest BCUT2D eigenvalue weighted by molar-refractivity contribution is 0.626. The molecule has 2 heteroatoms. The predicted octanol–water partition coefficient (Wildman–Crippen LogP) is 2.89. The lowest BCUT2D eigenvalue weighted by atomic mass is 10.1. The highest BCUT2D eigenvalue weighted by Gasteiger charge is 1.93. The number of hydrogen-bond acceptors (Lipinski definition) is 0. The SMILES string of the molecule is C[N-][C@@H](C)c1ccc(F)cc1. The highest BCUT2D eigenvalue weighted by atomic mass is 19.1. The maximum absolute atomic E-state index is 12.4. The van der Waals surface area contributed by atoms with Crippen LogP contribution in [0.4, 0.5) is 4.39 Å². The van der Waals surface area contributed by atoms with Crippen LogP contribution in [0.15, 0.2) is 24.3 Å². The number of hydrogen-bond donors (Lipinski definition) is 0. The molecule has 0 aromatic heterocycles. The van der Waals surface area contributed by atoms with E-state index in [2.05, 4.69) is 5.32 Å². The monoisotopic (exact) mass is 152 g/mol. The summed E-state index contributed by atoms with van der Waals surface area (Å²) >= 11 is 0. The van der Waals surface area contributed by atoms with Crippen molar-refractivity contribution in [3.8, 4) is 0 Å². The molecule has 0 spiro atoms. The van der Waals surface area contributed by atoms with Gasteiger partial charge in [0.2, 0.25) is 0 Å². The molecule has 0 saturated carbocycles. The summed E-state index contributed by atoms with van der Waals surface area (Å²) in [6, 6.07) is 6.59. The van der Waals surface area contributed by atoms with E-state index in [0.717, 1.165) is 5.56 Å². The second-order valence-corrected chi connectivity index (χ2v) is 2.49. The van der Waals surface area contributed by atoms with Gasteiger partial charge in [0, 0.05) is 0 Å². The van der Waals surface area contributed by atoms with Gasteiger partial charge in [-0.2, -0.15) is 7.05 Å². The van der Waals surface area contributed by atoms with Crippen LogP contribution in [-0.2, 0) is 0 Å². The van der Waals surface area contributed by atoms with E-state index in [1.54, 1.807) is 19.2 Å². The standard InChI is InChI=1S/C9H11FN/c1-7(11-2)8-3-5-9(10)6-4-8/h3-7H,1-2H3/q-1/t7-/m0/s1. The molecule has 0 N–H and O–H groups in total. The Morgan fingerprint density at radius 2 is 1.82 bits per heavy atom. The molecule has 0 amide bonds. The number of benzene rings is 1. The van der Waals surface area contributed by atoms with E-state index in [9.17, 15) is 4.39 Å². The summed E-state index contributed by atoms with van der Waals surface area (Å²) in [5.41, 5.74) is 1.05. The van der Waals surface area contributed by atoms with E-state index >= 15 is 0 Å². The average molecular weight is 152 g/mol. The number of rotatable bonds is 2. The van der Waals surface area contributed by atoms with Gasteiger partial charge in [-0.1, -0.05) is 24.6 Å². The maximum atomic E-state index is 12.4. The summed E-state index contributed by atoms with van der Waals surface area (Å²) in [6.07, 6.45) is 0. The molecule has 11 heavy (non-hydrogen) atoms. The van der Waals surface area contributed by atoms with Crippen LogP contribution in [0.25, 0.3) is 5.32 Å². The molecule has 0 aliphatic carbocycles. The zero-order valence-electron chi connectivity index (χ0n) is 6.71. The molecule has 1 aromatic rings. The van der Waals surface area contributed by atoms with Gasteiger partial charge in [0.15, 0.2) is 0 Å². The first-order valence-corrected chi connectivity index (χ1v) is 3.58. The largest absolute Gasteiger partial charge is 0.659 e. The summed E-state index contributed by atoms with van der Waals surface area (Å²) in [6.45, 7) is 1.98. The Kier molecular flexibility index (Phi) is 2.60. The molecule has 1 aromatic carbocycles. The van der Waals surface area contributed by atoms with Crippen molar-refractivity contribution in [1.82, 2.24) is 0 Å². The van der Waals surface area contributed by atoms with Gasteiger partial charge in [-0.05, 0) is 12.1 Å². The van der Waals surface area contributed by atoms with Gasteiger partial charge in [-0.3, -0.25) is 0 Å². The highest BCUT2D eigenvalue weighted by molar-refractivity contribution is 5.22. The smallest absolute Gasteiger partial charge is 0.123 e. The van der Waals surface area contributed by atoms with Crippen LogP contribution in [0.2, 0.25) is 0 Å². The van der Waals surface area contributed by atoms with Gasteiger partial charge in [0.05, 0.1) is 0 Å². The van der Waals surface area contributed by atoms with E-state index in [4.69, 9.17) is 0 Å². The van der Waals surface area contributed by atoms with Crippen LogP contribution >= 0.6 is 0 Å². The number of halogens is 1. The molecular formula is C9H11FN-. The highest BCUT2D eigenvalue weighted by Crippen LogP contribution is 2.18. The molecule has 0 bridgehead atoms. The topological polar surface area (TPSA) is 14.1 Å². The first-order chi connectivity index (χ1) is 5.24. The molecule has 1 nitrogen and oxygen atoms in total. The van der Waals surface area contributed by atoms with Crippen molar-refractivity contribution in [2.75, 3.05) is 7.05 Å². The fraction of sp³-hybridized carbons (Fsp3) is 0.333. The third-order valence-electron chi connectivity index (χ3n) is 1.74. The minimum absolute atomic E-state index is 0.163. The molecular weight excluding hydrogens is 141 g/mol. The molecule has 0 aliphatic heterocycles. The third kappa shape index (κ3) is 2.02. The molecule has 1 rings (SSSR count). The Morgan fingerprint density at radius 3 is 2.27 bits per heavy atom. The minimum atomic E-state index is -0.197. The van der Waals surface area contributed by atoms with Gasteiger partial charge in [-0.25, -0.2) is 4.39 Å². The summed E-state index contributed by atoms with van der Waals surface area (Å²) in [5, 5.41) is 4.07. The van der Waals surface area contributed by atoms with Crippen molar-refractivity contribution in [3.05, 3.63) is 41.0 Å². The first-order valence-electron chi connectivity index (χ1n) is 3.58. The van der Waals surface area contributed by atoms with Crippen molar-refractivity contribution in [2.45, 2.75) is 13.0 Å². The molecule has 0 aliphatic rings. The second-order valence-electron chi connectivity index (χ2n) is 2.49. The molecule has 0 saturated heterocycles. The quantitative estimate of drug-likeness (QED) is 0.618. The molecule has 0 heterocycles. The lowest BCUT2D eigenvalue weighted by Gasteiger charge is -2.22. The zero-order valence-corrected chi connectivity index (χ0v) is 6.71. The van der Waals surface area contributed by atoms with E-state index in [0.29, 0.717) is 0 Å². The summed E-state index contributed by atoms with van der Waals surface area (Å²) in [7, 11) is 1.76. The third-order valence-corrected chi connectivity index (χ3v) is 1.74. The number of nitrogens with zero attached hydrogens (tertiary/aromatic N) is 1. The van der Waals surface area contributed by atoms with Crippen LogP contribution in [0.5, 0.6) is 0 Å².